The van der Waals surface area contributed by atoms with Crippen LogP contribution in [-0.2, 0) is 14.3 Å². The highest BCUT2D eigenvalue weighted by molar-refractivity contribution is 7.22. The zero-order valence-electron chi connectivity index (χ0n) is 18.5. The van der Waals surface area contributed by atoms with Crippen LogP contribution in [0.2, 0.25) is 0 Å². The molecule has 1 aromatic heterocycles. The molecule has 34 heavy (non-hydrogen) atoms. The standard InChI is InChI=1S/C24H22N4O5S/c1-33-23(30)19-20(15-8-7-9-16(14-15)28(31)32)27(22(29)21(19)26-12-5-2-6-13-26)24-25-17-10-3-4-11-18(17)34-24/h3-4,7-11,14,20H,2,5-6,12-13H2,1H3. The van der Waals surface area contributed by atoms with Gasteiger partial charge in [0.2, 0.25) is 0 Å². The maximum Gasteiger partial charge on any atom is 0.338 e. The molecule has 9 nitrogen and oxygen atoms in total. The minimum absolute atomic E-state index is 0.121. The van der Waals surface area contributed by atoms with E-state index in [4.69, 9.17) is 4.74 Å². The van der Waals surface area contributed by atoms with Gasteiger partial charge in [-0.25, -0.2) is 9.78 Å². The van der Waals surface area contributed by atoms with Crippen LogP contribution in [0, 0.1) is 10.1 Å². The van der Waals surface area contributed by atoms with Gasteiger partial charge in [-0.1, -0.05) is 35.6 Å². The number of likely N-dealkylation sites (tertiary alicyclic amines) is 1. The Kier molecular flexibility index (Phi) is 5.74. The molecule has 3 aromatic rings. The Bertz CT molecular complexity index is 1290. The third-order valence-electron chi connectivity index (χ3n) is 6.17. The van der Waals surface area contributed by atoms with Crippen molar-refractivity contribution in [2.24, 2.45) is 0 Å². The molecule has 2 aliphatic rings. The molecule has 0 N–H and O–H groups in total. The molecule has 1 unspecified atom stereocenters. The average Bonchev–Trinajstić information content (AvgIpc) is 3.42. The monoisotopic (exact) mass is 478 g/mol. The zero-order chi connectivity index (χ0) is 23.8. The van der Waals surface area contributed by atoms with E-state index < -0.39 is 16.9 Å². The SMILES string of the molecule is COC(=O)C1=C(N2CCCCC2)C(=O)N(c2nc3ccccc3s2)C1c1cccc([N+](=O)[O-])c1. The number of carbonyl (C=O) groups excluding carboxylic acids is 2. The number of esters is 1. The number of amides is 1. The summed E-state index contributed by atoms with van der Waals surface area (Å²) >= 11 is 1.34. The molecular weight excluding hydrogens is 456 g/mol. The third kappa shape index (κ3) is 3.69. The van der Waals surface area contributed by atoms with Gasteiger partial charge in [0.1, 0.15) is 5.70 Å². The molecule has 1 fully saturated rings. The van der Waals surface area contributed by atoms with E-state index in [0.29, 0.717) is 29.5 Å². The molecule has 10 heteroatoms. The predicted octanol–water partition coefficient (Wildman–Crippen LogP) is 4.21. The normalized spacial score (nSPS) is 18.6. The van der Waals surface area contributed by atoms with E-state index in [1.54, 1.807) is 12.1 Å². The number of piperidine rings is 1. The molecule has 3 heterocycles. The Morgan fingerprint density at radius 2 is 1.91 bits per heavy atom. The van der Waals surface area contributed by atoms with Crippen molar-refractivity contribution in [3.63, 3.8) is 0 Å². The average molecular weight is 479 g/mol. The molecule has 0 saturated carbocycles. The highest BCUT2D eigenvalue weighted by Gasteiger charge is 2.48. The van der Waals surface area contributed by atoms with Gasteiger partial charge in [0.05, 0.1) is 33.9 Å². The number of non-ortho nitro benzene ring substituents is 1. The number of fused-ring (bicyclic) bond motifs is 1. The molecule has 0 aliphatic carbocycles. The number of para-hydroxylation sites is 1. The summed E-state index contributed by atoms with van der Waals surface area (Å²) in [5.41, 5.74) is 1.55. The van der Waals surface area contributed by atoms with Gasteiger partial charge in [-0.2, -0.15) is 0 Å². The molecule has 1 atom stereocenters. The smallest absolute Gasteiger partial charge is 0.338 e. The highest BCUT2D eigenvalue weighted by atomic mass is 32.1. The van der Waals surface area contributed by atoms with E-state index in [1.807, 2.05) is 29.2 Å². The Morgan fingerprint density at radius 3 is 2.62 bits per heavy atom. The van der Waals surface area contributed by atoms with E-state index >= 15 is 0 Å². The Morgan fingerprint density at radius 1 is 1.15 bits per heavy atom. The van der Waals surface area contributed by atoms with E-state index in [1.165, 1.54) is 35.5 Å². The first-order valence-electron chi connectivity index (χ1n) is 11.0. The van der Waals surface area contributed by atoms with Gasteiger partial charge in [0.25, 0.3) is 11.6 Å². The summed E-state index contributed by atoms with van der Waals surface area (Å²) in [5, 5.41) is 11.9. The second-order valence-corrected chi connectivity index (χ2v) is 9.20. The summed E-state index contributed by atoms with van der Waals surface area (Å²) < 4.78 is 6.02. The number of rotatable bonds is 5. The van der Waals surface area contributed by atoms with Crippen molar-refractivity contribution in [3.05, 3.63) is 75.5 Å². The van der Waals surface area contributed by atoms with Crippen LogP contribution in [0.5, 0.6) is 0 Å². The summed E-state index contributed by atoms with van der Waals surface area (Å²) in [6, 6.07) is 12.7. The van der Waals surface area contributed by atoms with E-state index in [-0.39, 0.29) is 17.2 Å². The number of nitro groups is 1. The first-order valence-corrected chi connectivity index (χ1v) is 11.8. The van der Waals surface area contributed by atoms with Crippen molar-refractivity contribution >= 4 is 44.2 Å². The lowest BCUT2D eigenvalue weighted by molar-refractivity contribution is -0.384. The summed E-state index contributed by atoms with van der Waals surface area (Å²) in [4.78, 5) is 46.2. The van der Waals surface area contributed by atoms with Crippen LogP contribution >= 0.6 is 11.3 Å². The highest BCUT2D eigenvalue weighted by Crippen LogP contribution is 2.45. The molecule has 0 bridgehead atoms. The van der Waals surface area contributed by atoms with E-state index in [9.17, 15) is 19.7 Å². The fourth-order valence-corrected chi connectivity index (χ4v) is 5.62. The second kappa shape index (κ2) is 8.86. The largest absolute Gasteiger partial charge is 0.466 e. The Hall–Kier alpha value is -3.79. The Balaban J connectivity index is 1.73. The molecule has 0 spiro atoms. The predicted molar refractivity (Wildman–Crippen MR) is 127 cm³/mol. The van der Waals surface area contributed by atoms with Crippen molar-refractivity contribution < 1.29 is 19.2 Å². The van der Waals surface area contributed by atoms with Gasteiger partial charge in [0, 0.05) is 25.2 Å². The quantitative estimate of drug-likeness (QED) is 0.307. The molecule has 5 rings (SSSR count). The van der Waals surface area contributed by atoms with Gasteiger partial charge in [-0.3, -0.25) is 19.8 Å². The summed E-state index contributed by atoms with van der Waals surface area (Å²) in [5.74, 6) is -0.980. The van der Waals surface area contributed by atoms with Gasteiger partial charge in [-0.15, -0.1) is 0 Å². The minimum Gasteiger partial charge on any atom is -0.466 e. The van der Waals surface area contributed by atoms with Gasteiger partial charge < -0.3 is 9.64 Å². The van der Waals surface area contributed by atoms with Crippen LogP contribution in [0.1, 0.15) is 30.9 Å². The minimum atomic E-state index is -0.891. The van der Waals surface area contributed by atoms with Crippen molar-refractivity contribution in [1.29, 1.82) is 0 Å². The first-order chi connectivity index (χ1) is 16.5. The van der Waals surface area contributed by atoms with Gasteiger partial charge >= 0.3 is 5.97 Å². The summed E-state index contributed by atoms with van der Waals surface area (Å²) in [6.07, 6.45) is 2.88. The lowest BCUT2D eigenvalue weighted by atomic mass is 9.98. The second-order valence-electron chi connectivity index (χ2n) is 8.20. The number of carbonyl (C=O) groups is 2. The molecule has 2 aliphatic heterocycles. The van der Waals surface area contributed by atoms with E-state index in [2.05, 4.69) is 4.98 Å². The number of aromatic nitrogens is 1. The number of nitro benzene ring substituents is 1. The zero-order valence-corrected chi connectivity index (χ0v) is 19.3. The van der Waals surface area contributed by atoms with Crippen molar-refractivity contribution in [3.8, 4) is 0 Å². The number of ether oxygens (including phenoxy) is 1. The van der Waals surface area contributed by atoms with Gasteiger partial charge in [-0.05, 0) is 37.0 Å². The van der Waals surface area contributed by atoms with Crippen molar-refractivity contribution in [1.82, 2.24) is 9.88 Å². The number of methoxy groups -OCH3 is 1. The maximum absolute atomic E-state index is 14.0. The van der Waals surface area contributed by atoms with Crippen LogP contribution in [0.25, 0.3) is 10.2 Å². The van der Waals surface area contributed by atoms with Crippen LogP contribution < -0.4 is 4.90 Å². The molecule has 1 amide bonds. The molecule has 174 valence electrons. The number of benzene rings is 2. The fraction of sp³-hybridized carbons (Fsp3) is 0.292. The van der Waals surface area contributed by atoms with Crippen LogP contribution in [0.15, 0.2) is 59.8 Å². The fourth-order valence-electron chi connectivity index (χ4n) is 4.63. The summed E-state index contributed by atoms with van der Waals surface area (Å²) in [6.45, 7) is 1.30. The number of hydrogen-bond acceptors (Lipinski definition) is 8. The molecule has 1 saturated heterocycles. The number of thiazole rings is 1. The van der Waals surface area contributed by atoms with Crippen LogP contribution in [0.3, 0.4) is 0 Å². The maximum atomic E-state index is 14.0. The lowest BCUT2D eigenvalue weighted by Gasteiger charge is -2.29. The number of hydrogen-bond donors (Lipinski definition) is 0. The number of nitrogens with zero attached hydrogens (tertiary/aromatic N) is 4. The van der Waals surface area contributed by atoms with Crippen molar-refractivity contribution in [2.75, 3.05) is 25.1 Å². The third-order valence-corrected chi connectivity index (χ3v) is 7.21. The molecular formula is C24H22N4O5S. The molecule has 2 aromatic carbocycles. The summed E-state index contributed by atoms with van der Waals surface area (Å²) in [7, 11) is 1.28. The van der Waals surface area contributed by atoms with Gasteiger partial charge in [0.15, 0.2) is 5.13 Å². The number of anilines is 1. The van der Waals surface area contributed by atoms with Crippen LogP contribution in [-0.4, -0.2) is 46.9 Å². The Labute approximate surface area is 199 Å². The van der Waals surface area contributed by atoms with Crippen molar-refractivity contribution in [2.45, 2.75) is 25.3 Å². The lowest BCUT2D eigenvalue weighted by Crippen LogP contribution is -2.36. The molecule has 0 radical (unpaired) electrons. The van der Waals surface area contributed by atoms with Crippen LogP contribution in [0.4, 0.5) is 10.8 Å². The first kappa shape index (κ1) is 22.0. The van der Waals surface area contributed by atoms with E-state index in [0.717, 1.165) is 29.5 Å². The topological polar surface area (TPSA) is 106 Å².